The van der Waals surface area contributed by atoms with Gasteiger partial charge in [0.1, 0.15) is 5.58 Å². The number of fused-ring (bicyclic) bond motifs is 4. The Kier molecular flexibility index (Phi) is 4.65. The fourth-order valence-corrected chi connectivity index (χ4v) is 3.80. The molecule has 0 spiro atoms. The van der Waals surface area contributed by atoms with E-state index in [1.165, 1.54) is 6.07 Å². The topological polar surface area (TPSA) is 35.1 Å². The van der Waals surface area contributed by atoms with Crippen molar-refractivity contribution in [1.82, 2.24) is 4.57 Å². The minimum absolute atomic E-state index is 0.308. The molecule has 0 radical (unpaired) electrons. The number of rotatable bonds is 5. The smallest absolute Gasteiger partial charge is 0.393 e. The number of nitrogens with zero attached hydrogens (tertiary/aromatic N) is 1. The second kappa shape index (κ2) is 7.00. The molecule has 6 heteroatoms. The highest BCUT2D eigenvalue weighted by Crippen LogP contribution is 2.33. The summed E-state index contributed by atoms with van der Waals surface area (Å²) in [6.07, 6.45) is -2.50. The van der Waals surface area contributed by atoms with Crippen molar-refractivity contribution in [2.45, 2.75) is 45.3 Å². The third-order valence-corrected chi connectivity index (χ3v) is 5.07. The highest BCUT2D eigenvalue weighted by Gasteiger charge is 2.29. The fourth-order valence-electron chi connectivity index (χ4n) is 3.80. The van der Waals surface area contributed by atoms with Crippen molar-refractivity contribution in [2.24, 2.45) is 0 Å². The number of hydrogen-bond donors (Lipinski definition) is 0. The molecule has 0 atom stereocenters. The van der Waals surface area contributed by atoms with Crippen LogP contribution in [0.25, 0.3) is 32.8 Å². The minimum atomic E-state index is -4.46. The van der Waals surface area contributed by atoms with Crippen molar-refractivity contribution < 1.29 is 17.6 Å². The first-order chi connectivity index (χ1) is 13.4. The van der Waals surface area contributed by atoms with Crippen LogP contribution in [0.1, 0.15) is 31.7 Å². The Morgan fingerprint density at radius 3 is 2.54 bits per heavy atom. The van der Waals surface area contributed by atoms with Crippen molar-refractivity contribution in [3.05, 3.63) is 58.4 Å². The lowest BCUT2D eigenvalue weighted by Gasteiger charge is -2.08. The molecule has 2 heterocycles. The zero-order chi connectivity index (χ0) is 19.9. The Morgan fingerprint density at radius 1 is 1.00 bits per heavy atom. The maximum Gasteiger partial charge on any atom is 0.393 e. The molecule has 3 nitrogen and oxygen atoms in total. The van der Waals surface area contributed by atoms with Crippen molar-refractivity contribution in [1.29, 1.82) is 0 Å². The Morgan fingerprint density at radius 2 is 1.79 bits per heavy atom. The van der Waals surface area contributed by atoms with Crippen molar-refractivity contribution in [3.8, 4) is 0 Å². The number of para-hydroxylation sites is 1. The van der Waals surface area contributed by atoms with E-state index in [9.17, 15) is 18.0 Å². The average molecular weight is 387 g/mol. The lowest BCUT2D eigenvalue weighted by molar-refractivity contribution is -0.127. The Hall–Kier alpha value is -2.76. The molecule has 0 fully saturated rings. The van der Waals surface area contributed by atoms with Gasteiger partial charge in [-0.1, -0.05) is 38.0 Å². The molecule has 146 valence electrons. The van der Waals surface area contributed by atoms with Gasteiger partial charge < -0.3 is 8.98 Å². The van der Waals surface area contributed by atoms with Gasteiger partial charge in [-0.2, -0.15) is 13.2 Å². The average Bonchev–Trinajstić information content (AvgIpc) is 2.93. The van der Waals surface area contributed by atoms with Crippen LogP contribution in [0.2, 0.25) is 0 Å². The predicted molar refractivity (Wildman–Crippen MR) is 105 cm³/mol. The van der Waals surface area contributed by atoms with Crippen molar-refractivity contribution >= 4 is 32.8 Å². The summed E-state index contributed by atoms with van der Waals surface area (Å²) in [5.41, 5.74) is 1.00. The Bertz CT molecular complexity index is 1220. The summed E-state index contributed by atoms with van der Waals surface area (Å²) in [7, 11) is 0. The Labute approximate surface area is 159 Å². The number of aromatic nitrogens is 1. The third kappa shape index (κ3) is 3.39. The van der Waals surface area contributed by atoms with Crippen molar-refractivity contribution in [3.63, 3.8) is 0 Å². The summed E-state index contributed by atoms with van der Waals surface area (Å²) in [5, 5.41) is 2.49. The fraction of sp³-hybridized carbons (Fsp3) is 0.318. The molecule has 2 aromatic carbocycles. The number of hydrogen-bond acceptors (Lipinski definition) is 2. The highest BCUT2D eigenvalue weighted by molar-refractivity contribution is 6.11. The Balaban J connectivity index is 1.95. The van der Waals surface area contributed by atoms with Crippen LogP contribution in [-0.4, -0.2) is 10.7 Å². The monoisotopic (exact) mass is 387 g/mol. The van der Waals surface area contributed by atoms with Gasteiger partial charge in [-0.3, -0.25) is 0 Å². The SMILES string of the molecule is CCCCCn1c2ccccc2c2cc3cc(CC(F)(F)F)c(=O)oc3cc21. The molecule has 0 N–H and O–H groups in total. The van der Waals surface area contributed by atoms with E-state index in [0.717, 1.165) is 47.6 Å². The van der Waals surface area contributed by atoms with E-state index in [2.05, 4.69) is 11.5 Å². The summed E-state index contributed by atoms with van der Waals surface area (Å²) in [5.74, 6) is 0. The van der Waals surface area contributed by atoms with E-state index >= 15 is 0 Å². The predicted octanol–water partition coefficient (Wildman–Crippen LogP) is 6.20. The molecule has 0 aliphatic heterocycles. The molecule has 0 saturated carbocycles. The molecule has 0 aliphatic carbocycles. The molecule has 2 aromatic heterocycles. The normalized spacial score (nSPS) is 12.4. The second-order valence-corrected chi connectivity index (χ2v) is 7.13. The van der Waals surface area contributed by atoms with Gasteiger partial charge in [0.2, 0.25) is 0 Å². The van der Waals surface area contributed by atoms with Crippen LogP contribution >= 0.6 is 0 Å². The summed E-state index contributed by atoms with van der Waals surface area (Å²) in [4.78, 5) is 12.0. The zero-order valence-electron chi connectivity index (χ0n) is 15.5. The molecule has 28 heavy (non-hydrogen) atoms. The summed E-state index contributed by atoms with van der Waals surface area (Å²) in [6, 6.07) is 12.9. The van der Waals surface area contributed by atoms with Gasteiger partial charge in [0.05, 0.1) is 11.9 Å². The molecule has 0 bridgehead atoms. The van der Waals surface area contributed by atoms with Gasteiger partial charge in [-0.05, 0) is 24.6 Å². The van der Waals surface area contributed by atoms with Gasteiger partial charge >= 0.3 is 11.8 Å². The van der Waals surface area contributed by atoms with Gasteiger partial charge in [-0.15, -0.1) is 0 Å². The van der Waals surface area contributed by atoms with Crippen LogP contribution in [0.3, 0.4) is 0 Å². The second-order valence-electron chi connectivity index (χ2n) is 7.13. The molecule has 0 amide bonds. The zero-order valence-corrected chi connectivity index (χ0v) is 15.5. The quantitative estimate of drug-likeness (QED) is 0.302. The van der Waals surface area contributed by atoms with Gasteiger partial charge in [0, 0.05) is 39.8 Å². The van der Waals surface area contributed by atoms with Crippen LogP contribution in [0.4, 0.5) is 13.2 Å². The van der Waals surface area contributed by atoms with E-state index in [-0.39, 0.29) is 5.56 Å². The maximum atomic E-state index is 12.7. The van der Waals surface area contributed by atoms with Crippen LogP contribution in [0.5, 0.6) is 0 Å². The molecule has 0 saturated heterocycles. The van der Waals surface area contributed by atoms with Crippen molar-refractivity contribution in [2.75, 3.05) is 0 Å². The summed E-state index contributed by atoms with van der Waals surface area (Å²) >= 11 is 0. The molecule has 4 aromatic rings. The summed E-state index contributed by atoms with van der Waals surface area (Å²) < 4.78 is 45.7. The number of unbranched alkanes of at least 4 members (excludes halogenated alkanes) is 2. The van der Waals surface area contributed by atoms with E-state index in [0.29, 0.717) is 11.0 Å². The standard InChI is InChI=1S/C22H20F3NO2/c1-2-3-6-9-26-18-8-5-4-7-16(18)17-11-14-10-15(13-22(23,24)25)21(27)28-20(14)12-19(17)26/h4-5,7-8,10-12H,2-3,6,9,13H2,1H3. The lowest BCUT2D eigenvalue weighted by atomic mass is 10.1. The largest absolute Gasteiger partial charge is 0.422 e. The number of halogens is 3. The van der Waals surface area contributed by atoms with E-state index < -0.39 is 18.2 Å². The first kappa shape index (κ1) is 18.6. The first-order valence-electron chi connectivity index (χ1n) is 9.42. The van der Waals surface area contributed by atoms with Crippen LogP contribution in [-0.2, 0) is 13.0 Å². The van der Waals surface area contributed by atoms with Crippen LogP contribution in [0.15, 0.2) is 51.7 Å². The highest BCUT2D eigenvalue weighted by atomic mass is 19.4. The van der Waals surface area contributed by atoms with Gasteiger partial charge in [0.25, 0.3) is 0 Å². The maximum absolute atomic E-state index is 12.7. The molecule has 4 rings (SSSR count). The number of aryl methyl sites for hydroxylation is 1. The minimum Gasteiger partial charge on any atom is -0.422 e. The van der Waals surface area contributed by atoms with E-state index in [1.54, 1.807) is 6.07 Å². The van der Waals surface area contributed by atoms with Gasteiger partial charge in [-0.25, -0.2) is 4.79 Å². The lowest BCUT2D eigenvalue weighted by Crippen LogP contribution is -2.18. The number of benzene rings is 2. The number of alkyl halides is 3. The first-order valence-corrected chi connectivity index (χ1v) is 9.42. The molecule has 0 aliphatic rings. The van der Waals surface area contributed by atoms with Gasteiger partial charge in [0.15, 0.2) is 0 Å². The third-order valence-electron chi connectivity index (χ3n) is 5.07. The molecular weight excluding hydrogens is 367 g/mol. The molecular formula is C22H20F3NO2. The summed E-state index contributed by atoms with van der Waals surface area (Å²) in [6.45, 7) is 2.98. The van der Waals surface area contributed by atoms with E-state index in [1.807, 2.05) is 30.3 Å². The van der Waals surface area contributed by atoms with E-state index in [4.69, 9.17) is 4.42 Å². The molecule has 0 unspecified atom stereocenters. The van der Waals surface area contributed by atoms with Crippen LogP contribution < -0.4 is 5.63 Å². The van der Waals surface area contributed by atoms with Crippen LogP contribution in [0, 0.1) is 0 Å².